The van der Waals surface area contributed by atoms with Crippen LogP contribution in [0, 0.1) is 5.41 Å². The zero-order valence-corrected chi connectivity index (χ0v) is 16.0. The molecule has 0 unspecified atom stereocenters. The van der Waals surface area contributed by atoms with Gasteiger partial charge in [0.15, 0.2) is 0 Å². The molecule has 8 heteroatoms. The van der Waals surface area contributed by atoms with Crippen molar-refractivity contribution in [3.05, 3.63) is 59.5 Å². The maximum Gasteiger partial charge on any atom is 0.224 e. The second kappa shape index (κ2) is 9.16. The van der Waals surface area contributed by atoms with Crippen LogP contribution < -0.4 is 15.8 Å². The highest BCUT2D eigenvalue weighted by Gasteiger charge is 2.09. The standard InChI is InChI=1S/C20H20ClN5O2/c1-27-8-9-28-16-6-7-18-17(10-16)19(26-20(21)25-18)24-15-4-2-13(3-5-15)14(11-22)12-23/h2-7,10-12,22H,8-9,23H2,1H3,(H,24,25,26)/b14-12+,22-11?. The van der Waals surface area contributed by atoms with E-state index in [1.807, 2.05) is 42.5 Å². The first-order chi connectivity index (χ1) is 13.6. The van der Waals surface area contributed by atoms with Crippen LogP contribution in [-0.2, 0) is 4.74 Å². The van der Waals surface area contributed by atoms with Crippen LogP contribution in [0.3, 0.4) is 0 Å². The van der Waals surface area contributed by atoms with Gasteiger partial charge in [0, 0.05) is 36.2 Å². The Bertz CT molecular complexity index is 1010. The van der Waals surface area contributed by atoms with Gasteiger partial charge in [-0.2, -0.15) is 4.98 Å². The lowest BCUT2D eigenvalue weighted by Gasteiger charge is -2.12. The van der Waals surface area contributed by atoms with Crippen molar-refractivity contribution in [3.8, 4) is 5.75 Å². The van der Waals surface area contributed by atoms with E-state index in [0.29, 0.717) is 35.9 Å². The molecule has 0 bridgehead atoms. The molecule has 0 saturated carbocycles. The molecule has 0 spiro atoms. The number of hydrogen-bond donors (Lipinski definition) is 3. The second-order valence-electron chi connectivity index (χ2n) is 5.83. The summed E-state index contributed by atoms with van der Waals surface area (Å²) >= 11 is 6.08. The van der Waals surface area contributed by atoms with Gasteiger partial charge < -0.3 is 25.9 Å². The summed E-state index contributed by atoms with van der Waals surface area (Å²) in [6.45, 7) is 0.951. The number of aromatic nitrogens is 2. The number of benzene rings is 2. The third kappa shape index (κ3) is 4.57. The average molecular weight is 398 g/mol. The number of methoxy groups -OCH3 is 1. The monoisotopic (exact) mass is 397 g/mol. The Morgan fingerprint density at radius 3 is 2.64 bits per heavy atom. The molecule has 3 rings (SSSR count). The van der Waals surface area contributed by atoms with E-state index in [2.05, 4.69) is 15.3 Å². The van der Waals surface area contributed by atoms with E-state index in [-0.39, 0.29) is 5.28 Å². The van der Waals surface area contributed by atoms with E-state index in [1.54, 1.807) is 7.11 Å². The fraction of sp³-hybridized carbons (Fsp3) is 0.150. The lowest BCUT2D eigenvalue weighted by Crippen LogP contribution is -2.04. The molecule has 4 N–H and O–H groups in total. The van der Waals surface area contributed by atoms with Crippen molar-refractivity contribution in [1.29, 1.82) is 5.41 Å². The highest BCUT2D eigenvalue weighted by molar-refractivity contribution is 6.28. The molecule has 2 aromatic carbocycles. The minimum Gasteiger partial charge on any atom is -0.491 e. The molecule has 3 aromatic rings. The molecule has 144 valence electrons. The normalized spacial score (nSPS) is 11.4. The molecule has 0 amide bonds. The quantitative estimate of drug-likeness (QED) is 0.301. The van der Waals surface area contributed by atoms with E-state index >= 15 is 0 Å². The first-order valence-electron chi connectivity index (χ1n) is 8.53. The van der Waals surface area contributed by atoms with Crippen molar-refractivity contribution in [2.75, 3.05) is 25.6 Å². The van der Waals surface area contributed by atoms with Gasteiger partial charge in [-0.25, -0.2) is 4.98 Å². The minimum absolute atomic E-state index is 0.150. The number of ether oxygens (including phenoxy) is 2. The average Bonchev–Trinajstić information content (AvgIpc) is 2.70. The fourth-order valence-electron chi connectivity index (χ4n) is 2.62. The van der Waals surface area contributed by atoms with Gasteiger partial charge in [-0.05, 0) is 47.5 Å². The van der Waals surface area contributed by atoms with Crippen LogP contribution in [0.25, 0.3) is 16.5 Å². The van der Waals surface area contributed by atoms with Crippen molar-refractivity contribution in [3.63, 3.8) is 0 Å². The Balaban J connectivity index is 1.90. The van der Waals surface area contributed by atoms with Crippen LogP contribution in [-0.4, -0.2) is 36.5 Å². The summed E-state index contributed by atoms with van der Waals surface area (Å²) in [4.78, 5) is 8.58. The van der Waals surface area contributed by atoms with Gasteiger partial charge in [0.25, 0.3) is 0 Å². The number of nitrogens with one attached hydrogen (secondary N) is 2. The Hall–Kier alpha value is -3.16. The van der Waals surface area contributed by atoms with Crippen molar-refractivity contribution in [2.45, 2.75) is 0 Å². The van der Waals surface area contributed by atoms with Crippen LogP contribution in [0.2, 0.25) is 5.28 Å². The summed E-state index contributed by atoms with van der Waals surface area (Å²) in [5.41, 5.74) is 8.54. The number of nitrogens with zero attached hydrogens (tertiary/aromatic N) is 2. The van der Waals surface area contributed by atoms with Crippen molar-refractivity contribution >= 4 is 45.8 Å². The largest absolute Gasteiger partial charge is 0.491 e. The van der Waals surface area contributed by atoms with Crippen LogP contribution in [0.15, 0.2) is 48.7 Å². The smallest absolute Gasteiger partial charge is 0.224 e. The number of allylic oxidation sites excluding steroid dienone is 1. The maximum absolute atomic E-state index is 7.38. The molecular weight excluding hydrogens is 378 g/mol. The molecule has 0 aliphatic rings. The van der Waals surface area contributed by atoms with Crippen LogP contribution in [0.5, 0.6) is 5.75 Å². The molecule has 0 saturated heterocycles. The van der Waals surface area contributed by atoms with Gasteiger partial charge in [-0.15, -0.1) is 0 Å². The van der Waals surface area contributed by atoms with E-state index in [1.165, 1.54) is 12.4 Å². The van der Waals surface area contributed by atoms with Gasteiger partial charge in [-0.3, -0.25) is 0 Å². The fourth-order valence-corrected chi connectivity index (χ4v) is 2.79. The van der Waals surface area contributed by atoms with Crippen molar-refractivity contribution in [1.82, 2.24) is 9.97 Å². The predicted octanol–water partition coefficient (Wildman–Crippen LogP) is 4.00. The molecule has 1 heterocycles. The Labute approximate surface area is 167 Å². The second-order valence-corrected chi connectivity index (χ2v) is 6.17. The number of fused-ring (bicyclic) bond motifs is 1. The lowest BCUT2D eigenvalue weighted by molar-refractivity contribution is 0.146. The van der Waals surface area contributed by atoms with Gasteiger partial charge in [0.05, 0.1) is 12.1 Å². The predicted molar refractivity (Wildman–Crippen MR) is 113 cm³/mol. The Morgan fingerprint density at radius 1 is 1.18 bits per heavy atom. The number of hydrogen-bond acceptors (Lipinski definition) is 7. The molecule has 0 radical (unpaired) electrons. The zero-order valence-electron chi connectivity index (χ0n) is 15.3. The molecule has 0 aliphatic carbocycles. The van der Waals surface area contributed by atoms with Crippen LogP contribution in [0.1, 0.15) is 5.56 Å². The third-order valence-corrected chi connectivity index (χ3v) is 4.18. The Morgan fingerprint density at radius 2 is 1.96 bits per heavy atom. The molecule has 28 heavy (non-hydrogen) atoms. The van der Waals surface area contributed by atoms with E-state index in [4.69, 9.17) is 32.2 Å². The topological polar surface area (TPSA) is 106 Å². The number of halogens is 1. The zero-order chi connectivity index (χ0) is 19.9. The van der Waals surface area contributed by atoms with Crippen molar-refractivity contribution in [2.24, 2.45) is 5.73 Å². The molecule has 7 nitrogen and oxygen atoms in total. The first-order valence-corrected chi connectivity index (χ1v) is 8.91. The first kappa shape index (κ1) is 19.6. The molecule has 0 atom stereocenters. The van der Waals surface area contributed by atoms with Gasteiger partial charge in [0.1, 0.15) is 18.2 Å². The van der Waals surface area contributed by atoms with Gasteiger partial charge in [0.2, 0.25) is 5.28 Å². The molecule has 0 aliphatic heterocycles. The summed E-state index contributed by atoms with van der Waals surface area (Å²) in [5.74, 6) is 1.26. The van der Waals surface area contributed by atoms with Crippen LogP contribution in [0.4, 0.5) is 11.5 Å². The Kier molecular flexibility index (Phi) is 6.41. The molecular formula is C20H20ClN5O2. The number of anilines is 2. The van der Waals surface area contributed by atoms with E-state index in [9.17, 15) is 0 Å². The van der Waals surface area contributed by atoms with E-state index in [0.717, 1.165) is 16.6 Å². The summed E-state index contributed by atoms with van der Waals surface area (Å²) in [7, 11) is 1.63. The van der Waals surface area contributed by atoms with Gasteiger partial charge in [-0.1, -0.05) is 12.1 Å². The minimum atomic E-state index is 0.150. The molecule has 1 aromatic heterocycles. The summed E-state index contributed by atoms with van der Waals surface area (Å²) in [6.07, 6.45) is 2.61. The third-order valence-electron chi connectivity index (χ3n) is 4.01. The summed E-state index contributed by atoms with van der Waals surface area (Å²) in [6, 6.07) is 13.0. The number of rotatable bonds is 8. The SMILES string of the molecule is COCCOc1ccc2nc(Cl)nc(Nc3ccc(/C(C=N)=C/N)cc3)c2c1. The summed E-state index contributed by atoms with van der Waals surface area (Å²) < 4.78 is 10.7. The van der Waals surface area contributed by atoms with E-state index < -0.39 is 0 Å². The highest BCUT2D eigenvalue weighted by Crippen LogP contribution is 2.29. The molecule has 0 fully saturated rings. The summed E-state index contributed by atoms with van der Waals surface area (Å²) in [5, 5.41) is 11.6. The highest BCUT2D eigenvalue weighted by atomic mass is 35.5. The maximum atomic E-state index is 7.38. The lowest BCUT2D eigenvalue weighted by atomic mass is 10.1. The number of nitrogens with two attached hydrogens (primary N) is 1. The van der Waals surface area contributed by atoms with Crippen LogP contribution >= 0.6 is 11.6 Å². The van der Waals surface area contributed by atoms with Gasteiger partial charge >= 0.3 is 0 Å². The van der Waals surface area contributed by atoms with Crippen molar-refractivity contribution < 1.29 is 9.47 Å².